The summed E-state index contributed by atoms with van der Waals surface area (Å²) in [4.78, 5) is 4.01. The highest BCUT2D eigenvalue weighted by Crippen LogP contribution is 2.04. The van der Waals surface area contributed by atoms with Gasteiger partial charge in [0.05, 0.1) is 6.33 Å². The summed E-state index contributed by atoms with van der Waals surface area (Å²) in [6.45, 7) is 7.11. The molecular weight excluding hydrogens is 196 g/mol. The van der Waals surface area contributed by atoms with E-state index in [4.69, 9.17) is 0 Å². The molecule has 2 rings (SSSR count). The van der Waals surface area contributed by atoms with Gasteiger partial charge in [-0.05, 0) is 18.9 Å². The molecule has 0 unspecified atom stereocenters. The normalized spacial score (nSPS) is 9.44. The minimum atomic E-state index is 1.00. The van der Waals surface area contributed by atoms with Crippen molar-refractivity contribution >= 4 is 0 Å². The van der Waals surface area contributed by atoms with Crippen LogP contribution in [0, 0.1) is 6.92 Å². The summed E-state index contributed by atoms with van der Waals surface area (Å²) in [5.74, 6) is 0. The number of nitrogens with zero attached hydrogens (tertiary/aromatic N) is 2. The van der Waals surface area contributed by atoms with E-state index in [9.17, 15) is 0 Å². The van der Waals surface area contributed by atoms with E-state index >= 15 is 0 Å². The second kappa shape index (κ2) is 6.83. The fourth-order valence-corrected chi connectivity index (χ4v) is 1.43. The predicted octanol–water partition coefficient (Wildman–Crippen LogP) is 3.46. The van der Waals surface area contributed by atoms with E-state index in [1.165, 1.54) is 11.1 Å². The van der Waals surface area contributed by atoms with Crippen molar-refractivity contribution in [1.82, 2.24) is 9.55 Å². The summed E-state index contributed by atoms with van der Waals surface area (Å²) in [5.41, 5.74) is 2.70. The quantitative estimate of drug-likeness (QED) is 0.768. The number of imidazole rings is 1. The van der Waals surface area contributed by atoms with E-state index in [2.05, 4.69) is 40.7 Å². The van der Waals surface area contributed by atoms with E-state index in [-0.39, 0.29) is 0 Å². The molecule has 0 N–H and O–H groups in total. The van der Waals surface area contributed by atoms with Gasteiger partial charge in [-0.25, -0.2) is 4.98 Å². The highest BCUT2D eigenvalue weighted by Gasteiger charge is 1.93. The van der Waals surface area contributed by atoms with Crippen molar-refractivity contribution in [3.8, 4) is 0 Å². The first-order valence-corrected chi connectivity index (χ1v) is 5.86. The van der Waals surface area contributed by atoms with E-state index in [0.29, 0.717) is 0 Å². The Morgan fingerprint density at radius 3 is 2.38 bits per heavy atom. The number of aryl methyl sites for hydroxylation is 3. The molecule has 16 heavy (non-hydrogen) atoms. The summed E-state index contributed by atoms with van der Waals surface area (Å²) >= 11 is 0. The summed E-state index contributed by atoms with van der Waals surface area (Å²) in [6, 6.07) is 8.69. The van der Waals surface area contributed by atoms with Crippen LogP contribution in [0.3, 0.4) is 0 Å². The third-order valence-corrected chi connectivity index (χ3v) is 2.34. The summed E-state index contributed by atoms with van der Waals surface area (Å²) in [6.07, 6.45) is 6.73. The summed E-state index contributed by atoms with van der Waals surface area (Å²) in [7, 11) is 0. The minimum absolute atomic E-state index is 1.00. The predicted molar refractivity (Wildman–Crippen MR) is 68.5 cm³/mol. The SMILES string of the molecule is CC.Cc1ccc(CCn2ccnc2)cc1. The van der Waals surface area contributed by atoms with Crippen LogP contribution in [-0.2, 0) is 13.0 Å². The number of aromatic nitrogens is 2. The van der Waals surface area contributed by atoms with Gasteiger partial charge in [-0.15, -0.1) is 0 Å². The van der Waals surface area contributed by atoms with Crippen molar-refractivity contribution in [1.29, 1.82) is 0 Å². The lowest BCUT2D eigenvalue weighted by Crippen LogP contribution is -1.98. The van der Waals surface area contributed by atoms with Crippen LogP contribution < -0.4 is 0 Å². The molecule has 0 amide bonds. The molecule has 2 aromatic rings. The van der Waals surface area contributed by atoms with Crippen LogP contribution in [0.25, 0.3) is 0 Å². The first-order chi connectivity index (χ1) is 7.84. The Morgan fingerprint density at radius 2 is 1.81 bits per heavy atom. The number of benzene rings is 1. The number of hydrogen-bond acceptors (Lipinski definition) is 1. The van der Waals surface area contributed by atoms with Gasteiger partial charge in [0.1, 0.15) is 0 Å². The van der Waals surface area contributed by atoms with Crippen LogP contribution in [0.1, 0.15) is 25.0 Å². The maximum absolute atomic E-state index is 4.01. The summed E-state index contributed by atoms with van der Waals surface area (Å²) in [5, 5.41) is 0. The molecule has 0 spiro atoms. The van der Waals surface area contributed by atoms with Crippen LogP contribution >= 0.6 is 0 Å². The summed E-state index contributed by atoms with van der Waals surface area (Å²) < 4.78 is 2.10. The van der Waals surface area contributed by atoms with Crippen molar-refractivity contribution in [3.63, 3.8) is 0 Å². The number of hydrogen-bond donors (Lipinski definition) is 0. The average Bonchev–Trinajstić information content (AvgIpc) is 2.84. The maximum atomic E-state index is 4.01. The second-order valence-electron chi connectivity index (χ2n) is 3.54. The van der Waals surface area contributed by atoms with Gasteiger partial charge in [0.2, 0.25) is 0 Å². The van der Waals surface area contributed by atoms with Crippen LogP contribution in [0.4, 0.5) is 0 Å². The molecule has 0 aliphatic heterocycles. The molecule has 1 aromatic heterocycles. The Balaban J connectivity index is 0.000000606. The molecular formula is C14H20N2. The topological polar surface area (TPSA) is 17.8 Å². The van der Waals surface area contributed by atoms with E-state index in [0.717, 1.165) is 13.0 Å². The van der Waals surface area contributed by atoms with Crippen molar-refractivity contribution in [2.45, 2.75) is 33.7 Å². The van der Waals surface area contributed by atoms with Crippen LogP contribution in [0.2, 0.25) is 0 Å². The van der Waals surface area contributed by atoms with Crippen molar-refractivity contribution in [2.24, 2.45) is 0 Å². The van der Waals surface area contributed by atoms with Gasteiger partial charge in [-0.2, -0.15) is 0 Å². The lowest BCUT2D eigenvalue weighted by Gasteiger charge is -2.02. The van der Waals surface area contributed by atoms with Crippen molar-refractivity contribution < 1.29 is 0 Å². The van der Waals surface area contributed by atoms with Crippen molar-refractivity contribution in [2.75, 3.05) is 0 Å². The number of rotatable bonds is 3. The Hall–Kier alpha value is -1.57. The van der Waals surface area contributed by atoms with Gasteiger partial charge >= 0.3 is 0 Å². The van der Waals surface area contributed by atoms with E-state index < -0.39 is 0 Å². The first-order valence-electron chi connectivity index (χ1n) is 5.86. The van der Waals surface area contributed by atoms with Crippen LogP contribution in [0.15, 0.2) is 43.0 Å². The minimum Gasteiger partial charge on any atom is -0.337 e. The highest BCUT2D eigenvalue weighted by molar-refractivity contribution is 5.21. The standard InChI is InChI=1S/C12H14N2.C2H6/c1-11-2-4-12(5-3-11)6-8-14-9-7-13-10-14;1-2/h2-5,7,9-10H,6,8H2,1H3;1-2H3. The van der Waals surface area contributed by atoms with E-state index in [1.54, 1.807) is 0 Å². The maximum Gasteiger partial charge on any atom is 0.0946 e. The fraction of sp³-hybridized carbons (Fsp3) is 0.357. The molecule has 0 saturated carbocycles. The monoisotopic (exact) mass is 216 g/mol. The largest absolute Gasteiger partial charge is 0.337 e. The molecule has 0 bridgehead atoms. The Morgan fingerprint density at radius 1 is 1.12 bits per heavy atom. The lowest BCUT2D eigenvalue weighted by molar-refractivity contribution is 0.695. The van der Waals surface area contributed by atoms with E-state index in [1.807, 2.05) is 32.6 Å². The zero-order valence-corrected chi connectivity index (χ0v) is 10.4. The molecule has 1 aromatic carbocycles. The second-order valence-corrected chi connectivity index (χ2v) is 3.54. The zero-order chi connectivity index (χ0) is 11.8. The Labute approximate surface area is 98.0 Å². The van der Waals surface area contributed by atoms with Crippen molar-refractivity contribution in [3.05, 3.63) is 54.1 Å². The molecule has 86 valence electrons. The van der Waals surface area contributed by atoms with Gasteiger partial charge in [0.25, 0.3) is 0 Å². The van der Waals surface area contributed by atoms with Gasteiger partial charge in [0.15, 0.2) is 0 Å². The molecule has 0 radical (unpaired) electrons. The molecule has 0 atom stereocenters. The van der Waals surface area contributed by atoms with Crippen LogP contribution in [-0.4, -0.2) is 9.55 Å². The van der Waals surface area contributed by atoms with Gasteiger partial charge < -0.3 is 4.57 Å². The molecule has 2 nitrogen and oxygen atoms in total. The highest BCUT2D eigenvalue weighted by atomic mass is 15.0. The molecule has 0 fully saturated rings. The molecule has 0 aliphatic carbocycles. The molecule has 0 saturated heterocycles. The van der Waals surface area contributed by atoms with Gasteiger partial charge in [0, 0.05) is 18.9 Å². The lowest BCUT2D eigenvalue weighted by atomic mass is 10.1. The third-order valence-electron chi connectivity index (χ3n) is 2.34. The molecule has 0 aliphatic rings. The Bertz CT molecular complexity index is 374. The third kappa shape index (κ3) is 3.89. The molecule has 2 heteroatoms. The Kier molecular flexibility index (Phi) is 5.34. The zero-order valence-electron chi connectivity index (χ0n) is 10.4. The average molecular weight is 216 g/mol. The molecule has 1 heterocycles. The smallest absolute Gasteiger partial charge is 0.0946 e. The van der Waals surface area contributed by atoms with Gasteiger partial charge in [-0.3, -0.25) is 0 Å². The van der Waals surface area contributed by atoms with Crippen LogP contribution in [0.5, 0.6) is 0 Å². The first kappa shape index (κ1) is 12.5. The van der Waals surface area contributed by atoms with Gasteiger partial charge in [-0.1, -0.05) is 43.7 Å². The fourth-order valence-electron chi connectivity index (χ4n) is 1.43.